The monoisotopic (exact) mass is 277 g/mol. The van der Waals surface area contributed by atoms with Crippen LogP contribution in [-0.4, -0.2) is 42.9 Å². The molecule has 1 aromatic heterocycles. The van der Waals surface area contributed by atoms with E-state index in [4.69, 9.17) is 14.0 Å². The van der Waals surface area contributed by atoms with Crippen LogP contribution in [0.25, 0.3) is 11.4 Å². The fourth-order valence-electron chi connectivity index (χ4n) is 1.75. The van der Waals surface area contributed by atoms with Crippen molar-refractivity contribution in [2.45, 2.75) is 13.5 Å². The maximum atomic E-state index is 5.27. The number of benzene rings is 1. The number of nitrogens with zero attached hydrogens (tertiary/aromatic N) is 3. The number of ether oxygens (including phenoxy) is 2. The largest absolute Gasteiger partial charge is 0.493 e. The van der Waals surface area contributed by atoms with Crippen molar-refractivity contribution < 1.29 is 14.0 Å². The van der Waals surface area contributed by atoms with Crippen LogP contribution in [0.3, 0.4) is 0 Å². The summed E-state index contributed by atoms with van der Waals surface area (Å²) in [7, 11) is 5.20. The standard InChI is InChI=1S/C14H19N3O3/c1-5-17(2)9-13-15-14(16-20-13)10-6-7-11(18-3)12(8-10)19-4/h6-8H,5,9H2,1-4H3. The molecule has 0 aliphatic rings. The zero-order chi connectivity index (χ0) is 14.5. The first-order chi connectivity index (χ1) is 9.67. The predicted octanol–water partition coefficient (Wildman–Crippen LogP) is 2.21. The minimum atomic E-state index is 0.547. The van der Waals surface area contributed by atoms with Crippen molar-refractivity contribution in [2.24, 2.45) is 0 Å². The second kappa shape index (κ2) is 6.38. The zero-order valence-corrected chi connectivity index (χ0v) is 12.2. The fourth-order valence-corrected chi connectivity index (χ4v) is 1.75. The van der Waals surface area contributed by atoms with E-state index in [-0.39, 0.29) is 0 Å². The summed E-state index contributed by atoms with van der Waals surface area (Å²) in [5.74, 6) is 2.46. The molecule has 20 heavy (non-hydrogen) atoms. The second-order valence-corrected chi connectivity index (χ2v) is 4.41. The van der Waals surface area contributed by atoms with Gasteiger partial charge >= 0.3 is 0 Å². The molecule has 0 aliphatic heterocycles. The molecule has 0 aliphatic carbocycles. The Morgan fingerprint density at radius 1 is 1.20 bits per heavy atom. The third-order valence-electron chi connectivity index (χ3n) is 3.05. The molecule has 6 heteroatoms. The fraction of sp³-hybridized carbons (Fsp3) is 0.429. The van der Waals surface area contributed by atoms with Crippen molar-refractivity contribution in [2.75, 3.05) is 27.8 Å². The summed E-state index contributed by atoms with van der Waals surface area (Å²) in [5, 5.41) is 4.00. The molecular formula is C14H19N3O3. The van der Waals surface area contributed by atoms with Crippen molar-refractivity contribution in [3.8, 4) is 22.9 Å². The smallest absolute Gasteiger partial charge is 0.241 e. The van der Waals surface area contributed by atoms with Crippen LogP contribution in [0.2, 0.25) is 0 Å². The molecule has 1 aromatic carbocycles. The quantitative estimate of drug-likeness (QED) is 0.806. The van der Waals surface area contributed by atoms with E-state index in [1.54, 1.807) is 14.2 Å². The Morgan fingerprint density at radius 2 is 1.95 bits per heavy atom. The van der Waals surface area contributed by atoms with Crippen molar-refractivity contribution in [3.05, 3.63) is 24.1 Å². The maximum absolute atomic E-state index is 5.27. The van der Waals surface area contributed by atoms with Gasteiger partial charge in [0.05, 0.1) is 20.8 Å². The summed E-state index contributed by atoms with van der Waals surface area (Å²) in [6, 6.07) is 5.53. The Balaban J connectivity index is 2.23. The second-order valence-electron chi connectivity index (χ2n) is 4.41. The van der Waals surface area contributed by atoms with Gasteiger partial charge in [0.25, 0.3) is 0 Å². The number of hydrogen-bond acceptors (Lipinski definition) is 6. The highest BCUT2D eigenvalue weighted by atomic mass is 16.5. The van der Waals surface area contributed by atoms with Gasteiger partial charge < -0.3 is 14.0 Å². The number of hydrogen-bond donors (Lipinski definition) is 0. The van der Waals surface area contributed by atoms with Gasteiger partial charge in [0, 0.05) is 5.56 Å². The van der Waals surface area contributed by atoms with E-state index in [0.29, 0.717) is 29.8 Å². The lowest BCUT2D eigenvalue weighted by molar-refractivity contribution is 0.276. The molecule has 0 saturated carbocycles. The van der Waals surface area contributed by atoms with E-state index in [0.717, 1.165) is 12.1 Å². The van der Waals surface area contributed by atoms with Gasteiger partial charge in [-0.15, -0.1) is 0 Å². The van der Waals surface area contributed by atoms with E-state index in [9.17, 15) is 0 Å². The van der Waals surface area contributed by atoms with E-state index in [1.165, 1.54) is 0 Å². The summed E-state index contributed by atoms with van der Waals surface area (Å²) < 4.78 is 15.7. The Hall–Kier alpha value is -2.08. The van der Waals surface area contributed by atoms with Gasteiger partial charge in [-0.2, -0.15) is 4.98 Å². The topological polar surface area (TPSA) is 60.6 Å². The molecule has 0 spiro atoms. The predicted molar refractivity (Wildman–Crippen MR) is 74.8 cm³/mol. The molecule has 108 valence electrons. The minimum Gasteiger partial charge on any atom is -0.493 e. The van der Waals surface area contributed by atoms with Gasteiger partial charge in [-0.3, -0.25) is 4.90 Å². The molecular weight excluding hydrogens is 258 g/mol. The molecule has 2 aromatic rings. The molecule has 0 amide bonds. The summed E-state index contributed by atoms with van der Waals surface area (Å²) >= 11 is 0. The molecule has 1 heterocycles. The molecule has 0 unspecified atom stereocenters. The van der Waals surface area contributed by atoms with Crippen LogP contribution in [0, 0.1) is 0 Å². The van der Waals surface area contributed by atoms with Gasteiger partial charge in [-0.1, -0.05) is 12.1 Å². The highest BCUT2D eigenvalue weighted by Crippen LogP contribution is 2.31. The first-order valence-electron chi connectivity index (χ1n) is 6.41. The Bertz CT molecular complexity index is 569. The molecule has 0 radical (unpaired) electrons. The SMILES string of the molecule is CCN(C)Cc1nc(-c2ccc(OC)c(OC)c2)no1. The van der Waals surface area contributed by atoms with E-state index in [2.05, 4.69) is 22.0 Å². The summed E-state index contributed by atoms with van der Waals surface area (Å²) in [6.07, 6.45) is 0. The van der Waals surface area contributed by atoms with Crippen LogP contribution in [0.1, 0.15) is 12.8 Å². The van der Waals surface area contributed by atoms with E-state index >= 15 is 0 Å². The molecule has 0 bridgehead atoms. The van der Waals surface area contributed by atoms with Crippen molar-refractivity contribution in [1.29, 1.82) is 0 Å². The summed E-state index contributed by atoms with van der Waals surface area (Å²) in [4.78, 5) is 6.47. The van der Waals surface area contributed by atoms with Gasteiger partial charge in [0.15, 0.2) is 11.5 Å². The van der Waals surface area contributed by atoms with E-state index < -0.39 is 0 Å². The molecule has 2 rings (SSSR count). The van der Waals surface area contributed by atoms with Gasteiger partial charge in [-0.25, -0.2) is 0 Å². The Kier molecular flexibility index (Phi) is 4.57. The number of methoxy groups -OCH3 is 2. The van der Waals surface area contributed by atoms with Crippen molar-refractivity contribution >= 4 is 0 Å². The van der Waals surface area contributed by atoms with Crippen molar-refractivity contribution in [1.82, 2.24) is 15.0 Å². The van der Waals surface area contributed by atoms with Gasteiger partial charge in [0.1, 0.15) is 0 Å². The Labute approximate surface area is 118 Å². The van der Waals surface area contributed by atoms with Crippen LogP contribution in [0.5, 0.6) is 11.5 Å². The van der Waals surface area contributed by atoms with Gasteiger partial charge in [0.2, 0.25) is 11.7 Å². The lowest BCUT2D eigenvalue weighted by Crippen LogP contribution is -2.16. The normalized spacial score (nSPS) is 10.8. The highest BCUT2D eigenvalue weighted by Gasteiger charge is 2.12. The zero-order valence-electron chi connectivity index (χ0n) is 12.2. The summed E-state index contributed by atoms with van der Waals surface area (Å²) in [6.45, 7) is 3.64. The minimum absolute atomic E-state index is 0.547. The average Bonchev–Trinajstić information content (AvgIpc) is 2.94. The highest BCUT2D eigenvalue weighted by molar-refractivity contribution is 5.60. The van der Waals surface area contributed by atoms with Crippen LogP contribution >= 0.6 is 0 Å². The molecule has 0 atom stereocenters. The Morgan fingerprint density at radius 3 is 2.60 bits per heavy atom. The lowest BCUT2D eigenvalue weighted by Gasteiger charge is -2.09. The third-order valence-corrected chi connectivity index (χ3v) is 3.05. The first-order valence-corrected chi connectivity index (χ1v) is 6.41. The van der Waals surface area contributed by atoms with Crippen LogP contribution in [0.15, 0.2) is 22.7 Å². The van der Waals surface area contributed by atoms with Crippen LogP contribution < -0.4 is 9.47 Å². The van der Waals surface area contributed by atoms with Crippen LogP contribution in [0.4, 0.5) is 0 Å². The molecule has 0 saturated heterocycles. The molecule has 0 fully saturated rings. The summed E-state index contributed by atoms with van der Waals surface area (Å²) in [5.41, 5.74) is 0.830. The number of rotatable bonds is 6. The van der Waals surface area contributed by atoms with Crippen LogP contribution in [-0.2, 0) is 6.54 Å². The first kappa shape index (κ1) is 14.3. The van der Waals surface area contributed by atoms with Crippen molar-refractivity contribution in [3.63, 3.8) is 0 Å². The third kappa shape index (κ3) is 3.08. The number of aromatic nitrogens is 2. The molecule has 0 N–H and O–H groups in total. The van der Waals surface area contributed by atoms with Gasteiger partial charge in [-0.05, 0) is 31.8 Å². The maximum Gasteiger partial charge on any atom is 0.241 e. The lowest BCUT2D eigenvalue weighted by atomic mass is 10.2. The molecule has 6 nitrogen and oxygen atoms in total. The average molecular weight is 277 g/mol. The van der Waals surface area contributed by atoms with E-state index in [1.807, 2.05) is 25.2 Å².